The highest BCUT2D eigenvalue weighted by atomic mass is 19.1. The van der Waals surface area contributed by atoms with Gasteiger partial charge in [-0.3, -0.25) is 14.5 Å². The minimum atomic E-state index is -0.292. The fraction of sp³-hybridized carbons (Fsp3) is 0.364. The molecule has 28 heavy (non-hydrogen) atoms. The Balaban J connectivity index is 1.93. The molecule has 0 aliphatic rings. The molecule has 2 aromatic carbocycles. The molecular weight excluding hydrogens is 357 g/mol. The van der Waals surface area contributed by atoms with E-state index in [1.54, 1.807) is 31.3 Å². The molecule has 0 bridgehead atoms. The lowest BCUT2D eigenvalue weighted by Gasteiger charge is -2.25. The van der Waals surface area contributed by atoms with E-state index >= 15 is 0 Å². The first-order valence-corrected chi connectivity index (χ1v) is 9.34. The molecule has 150 valence electrons. The minimum Gasteiger partial charge on any atom is -0.355 e. The molecule has 0 spiro atoms. The normalized spacial score (nSPS) is 12.1. The zero-order valence-corrected chi connectivity index (χ0v) is 16.8. The van der Waals surface area contributed by atoms with Gasteiger partial charge in [0, 0.05) is 19.2 Å². The number of hydrogen-bond donors (Lipinski definition) is 2. The number of carbonyl (C=O) groups excluding carboxylic acids is 2. The van der Waals surface area contributed by atoms with E-state index in [0.29, 0.717) is 12.1 Å². The summed E-state index contributed by atoms with van der Waals surface area (Å²) in [7, 11) is 3.47. The van der Waals surface area contributed by atoms with Crippen LogP contribution >= 0.6 is 0 Å². The average molecular weight is 385 g/mol. The fourth-order valence-corrected chi connectivity index (χ4v) is 3.04. The Hall–Kier alpha value is -2.73. The molecular formula is C22H28FN3O2. The lowest BCUT2D eigenvalue weighted by molar-refractivity contribution is -0.123. The second-order valence-corrected chi connectivity index (χ2v) is 7.29. The molecule has 0 aliphatic carbocycles. The van der Waals surface area contributed by atoms with Gasteiger partial charge in [-0.05, 0) is 48.4 Å². The van der Waals surface area contributed by atoms with Gasteiger partial charge in [-0.2, -0.15) is 0 Å². The van der Waals surface area contributed by atoms with E-state index in [0.717, 1.165) is 11.1 Å². The first kappa shape index (κ1) is 21.6. The quantitative estimate of drug-likeness (QED) is 0.734. The third-order valence-electron chi connectivity index (χ3n) is 4.52. The number of carbonyl (C=O) groups is 2. The maximum Gasteiger partial charge on any atom is 0.251 e. The Labute approximate surface area is 165 Å². The van der Waals surface area contributed by atoms with Crippen LogP contribution in [0, 0.1) is 11.7 Å². The summed E-state index contributed by atoms with van der Waals surface area (Å²) in [5.74, 6) is -0.330. The van der Waals surface area contributed by atoms with E-state index in [2.05, 4.69) is 10.6 Å². The molecule has 2 aromatic rings. The molecule has 0 saturated heterocycles. The van der Waals surface area contributed by atoms with Gasteiger partial charge in [-0.25, -0.2) is 4.39 Å². The van der Waals surface area contributed by atoms with Crippen LogP contribution in [-0.2, 0) is 11.3 Å². The third kappa shape index (κ3) is 6.16. The zero-order valence-electron chi connectivity index (χ0n) is 16.8. The Bertz CT molecular complexity index is 788. The van der Waals surface area contributed by atoms with Crippen molar-refractivity contribution in [3.63, 3.8) is 0 Å². The lowest BCUT2D eigenvalue weighted by Crippen LogP contribution is -2.38. The summed E-state index contributed by atoms with van der Waals surface area (Å²) in [6.45, 7) is 4.87. The fourth-order valence-electron chi connectivity index (χ4n) is 3.04. The van der Waals surface area contributed by atoms with Crippen LogP contribution in [0.4, 0.5) is 4.39 Å². The molecule has 6 heteroatoms. The highest BCUT2D eigenvalue weighted by Crippen LogP contribution is 2.22. The predicted octanol–water partition coefficient (Wildman–Crippen LogP) is 3.13. The second-order valence-electron chi connectivity index (χ2n) is 7.29. The largest absolute Gasteiger partial charge is 0.355 e. The Kier molecular flexibility index (Phi) is 7.70. The van der Waals surface area contributed by atoms with Crippen LogP contribution in [0.5, 0.6) is 0 Å². The number of likely N-dealkylation sites (N-methyl/N-ethyl adjacent to an activating group) is 1. The third-order valence-corrected chi connectivity index (χ3v) is 4.52. The smallest absolute Gasteiger partial charge is 0.251 e. The SMILES string of the molecule is CNC(=O)c1ccc(CN(C)CC(=O)NC(c2ccc(F)cc2)C(C)C)cc1. The van der Waals surface area contributed by atoms with Gasteiger partial charge in [0.25, 0.3) is 5.91 Å². The molecule has 5 nitrogen and oxygen atoms in total. The van der Waals surface area contributed by atoms with Crippen molar-refractivity contribution in [1.29, 1.82) is 0 Å². The molecule has 2 N–H and O–H groups in total. The summed E-state index contributed by atoms with van der Waals surface area (Å²) in [4.78, 5) is 26.0. The van der Waals surface area contributed by atoms with Crippen molar-refractivity contribution >= 4 is 11.8 Å². The maximum atomic E-state index is 13.2. The van der Waals surface area contributed by atoms with Crippen molar-refractivity contribution in [2.75, 3.05) is 20.6 Å². The van der Waals surface area contributed by atoms with Gasteiger partial charge in [0.05, 0.1) is 12.6 Å². The van der Waals surface area contributed by atoms with Gasteiger partial charge in [0.15, 0.2) is 0 Å². The highest BCUT2D eigenvalue weighted by Gasteiger charge is 2.19. The molecule has 0 aromatic heterocycles. The summed E-state index contributed by atoms with van der Waals surface area (Å²) >= 11 is 0. The maximum absolute atomic E-state index is 13.2. The van der Waals surface area contributed by atoms with E-state index in [4.69, 9.17) is 0 Å². The molecule has 1 atom stereocenters. The van der Waals surface area contributed by atoms with Gasteiger partial charge in [0.1, 0.15) is 5.82 Å². The van der Waals surface area contributed by atoms with Crippen LogP contribution in [0.3, 0.4) is 0 Å². The summed E-state index contributed by atoms with van der Waals surface area (Å²) in [6, 6.07) is 13.4. The van der Waals surface area contributed by atoms with Crippen LogP contribution in [0.2, 0.25) is 0 Å². The van der Waals surface area contributed by atoms with Crippen molar-refractivity contribution < 1.29 is 14.0 Å². The summed E-state index contributed by atoms with van der Waals surface area (Å²) in [5.41, 5.74) is 2.50. The molecule has 1 unspecified atom stereocenters. The number of nitrogens with zero attached hydrogens (tertiary/aromatic N) is 1. The monoisotopic (exact) mass is 385 g/mol. The first-order valence-electron chi connectivity index (χ1n) is 9.34. The predicted molar refractivity (Wildman–Crippen MR) is 108 cm³/mol. The van der Waals surface area contributed by atoms with Crippen LogP contribution < -0.4 is 10.6 Å². The highest BCUT2D eigenvalue weighted by molar-refractivity contribution is 5.93. The summed E-state index contributed by atoms with van der Waals surface area (Å²) < 4.78 is 13.2. The lowest BCUT2D eigenvalue weighted by atomic mass is 9.96. The standard InChI is InChI=1S/C22H28FN3O2/c1-15(2)21(17-9-11-19(23)12-10-17)25-20(27)14-26(4)13-16-5-7-18(8-6-16)22(28)24-3/h5-12,15,21H,13-14H2,1-4H3,(H,24,28)(H,25,27). The molecule has 0 fully saturated rings. The Morgan fingerprint density at radius 3 is 2.18 bits per heavy atom. The van der Waals surface area contributed by atoms with Gasteiger partial charge in [-0.15, -0.1) is 0 Å². The van der Waals surface area contributed by atoms with Crippen molar-refractivity contribution in [3.05, 3.63) is 71.0 Å². The van der Waals surface area contributed by atoms with E-state index in [1.807, 2.05) is 37.9 Å². The average Bonchev–Trinajstić information content (AvgIpc) is 2.66. The number of nitrogens with one attached hydrogen (secondary N) is 2. The van der Waals surface area contributed by atoms with E-state index in [-0.39, 0.29) is 36.1 Å². The van der Waals surface area contributed by atoms with Gasteiger partial charge >= 0.3 is 0 Å². The molecule has 0 saturated carbocycles. The van der Waals surface area contributed by atoms with Gasteiger partial charge in [-0.1, -0.05) is 38.1 Å². The summed E-state index contributed by atoms with van der Waals surface area (Å²) in [6.07, 6.45) is 0. The van der Waals surface area contributed by atoms with Crippen LogP contribution in [0.15, 0.2) is 48.5 Å². The number of hydrogen-bond acceptors (Lipinski definition) is 3. The van der Waals surface area contributed by atoms with Crippen molar-refractivity contribution in [2.45, 2.75) is 26.4 Å². The number of rotatable bonds is 8. The van der Waals surface area contributed by atoms with E-state index < -0.39 is 0 Å². The molecule has 2 rings (SSSR count). The molecule has 0 aliphatic heterocycles. The number of amides is 2. The van der Waals surface area contributed by atoms with Gasteiger partial charge in [0.2, 0.25) is 5.91 Å². The number of halogens is 1. The zero-order chi connectivity index (χ0) is 20.7. The minimum absolute atomic E-state index is 0.0903. The van der Waals surface area contributed by atoms with Crippen LogP contribution in [0.25, 0.3) is 0 Å². The van der Waals surface area contributed by atoms with Gasteiger partial charge < -0.3 is 10.6 Å². The first-order chi connectivity index (χ1) is 13.3. The van der Waals surface area contributed by atoms with E-state index in [1.165, 1.54) is 12.1 Å². The summed E-state index contributed by atoms with van der Waals surface area (Å²) in [5, 5.41) is 5.63. The second kappa shape index (κ2) is 9.99. The molecule has 2 amide bonds. The Morgan fingerprint density at radius 2 is 1.64 bits per heavy atom. The Morgan fingerprint density at radius 1 is 1.04 bits per heavy atom. The molecule has 0 radical (unpaired) electrons. The van der Waals surface area contributed by atoms with Crippen LogP contribution in [0.1, 0.15) is 41.4 Å². The molecule has 0 heterocycles. The van der Waals surface area contributed by atoms with Crippen molar-refractivity contribution in [3.8, 4) is 0 Å². The van der Waals surface area contributed by atoms with Crippen molar-refractivity contribution in [2.24, 2.45) is 5.92 Å². The topological polar surface area (TPSA) is 61.4 Å². The van der Waals surface area contributed by atoms with Crippen LogP contribution in [-0.4, -0.2) is 37.4 Å². The van der Waals surface area contributed by atoms with E-state index in [9.17, 15) is 14.0 Å². The number of benzene rings is 2. The van der Waals surface area contributed by atoms with Crippen molar-refractivity contribution in [1.82, 2.24) is 15.5 Å².